The molecule has 1 heterocycles. The predicted octanol–water partition coefficient (Wildman–Crippen LogP) is 3.07. The number of aromatic nitrogens is 2. The number of hydrogen-bond donors (Lipinski definition) is 3. The van der Waals surface area contributed by atoms with Crippen LogP contribution < -0.4 is 15.4 Å². The van der Waals surface area contributed by atoms with Crippen LogP contribution in [0.1, 0.15) is 47.3 Å². The highest BCUT2D eigenvalue weighted by Gasteiger charge is 2.25. The summed E-state index contributed by atoms with van der Waals surface area (Å²) >= 11 is 0. The first-order valence-corrected chi connectivity index (χ1v) is 10.6. The maximum absolute atomic E-state index is 13.1. The van der Waals surface area contributed by atoms with Crippen LogP contribution in [-0.2, 0) is 6.54 Å². The lowest BCUT2D eigenvalue weighted by Crippen LogP contribution is -2.33. The van der Waals surface area contributed by atoms with Crippen molar-refractivity contribution < 1.29 is 9.53 Å². The van der Waals surface area contributed by atoms with E-state index in [-0.39, 0.29) is 5.91 Å². The van der Waals surface area contributed by atoms with Crippen LogP contribution in [0.4, 0.5) is 5.82 Å². The van der Waals surface area contributed by atoms with Crippen LogP contribution >= 0.6 is 0 Å². The molecule has 0 atom stereocenters. The highest BCUT2D eigenvalue weighted by molar-refractivity contribution is 5.97. The molecule has 3 N–H and O–H groups in total. The van der Waals surface area contributed by atoms with E-state index in [9.17, 15) is 4.79 Å². The van der Waals surface area contributed by atoms with Gasteiger partial charge in [0.1, 0.15) is 5.76 Å². The van der Waals surface area contributed by atoms with Crippen molar-refractivity contribution in [2.45, 2.75) is 32.2 Å². The summed E-state index contributed by atoms with van der Waals surface area (Å²) in [5.74, 6) is 1.46. The Balaban J connectivity index is 1.92. The predicted molar refractivity (Wildman–Crippen MR) is 123 cm³/mol. The molecule has 1 fully saturated rings. The van der Waals surface area contributed by atoms with E-state index in [2.05, 4.69) is 39.9 Å². The molecule has 0 aliphatic heterocycles. The van der Waals surface area contributed by atoms with Crippen molar-refractivity contribution in [3.05, 3.63) is 52.9 Å². The summed E-state index contributed by atoms with van der Waals surface area (Å²) < 4.78 is 7.66. The standard InChI is InChI=1S/C23H32N6O2/c1-16(11-12-24)31-23-27-21(25-2)20(22(30)26-13-14-28(3)4)29(23)15-17-5-7-18(8-6-17)19-9-10-19/h5-8,11-12,19,24-25H,9-10,13-15H2,1-4H3,(H,26,30)/b16-11+,24-12?. The molecule has 0 spiro atoms. The van der Waals surface area contributed by atoms with Gasteiger partial charge in [-0.15, -0.1) is 0 Å². The van der Waals surface area contributed by atoms with Gasteiger partial charge >= 0.3 is 6.01 Å². The number of nitrogens with zero attached hydrogens (tertiary/aromatic N) is 3. The Kier molecular flexibility index (Phi) is 7.46. The van der Waals surface area contributed by atoms with E-state index in [4.69, 9.17) is 10.1 Å². The fourth-order valence-corrected chi connectivity index (χ4v) is 3.33. The zero-order valence-electron chi connectivity index (χ0n) is 18.7. The number of carbonyl (C=O) groups excluding carboxylic acids is 1. The molecule has 31 heavy (non-hydrogen) atoms. The van der Waals surface area contributed by atoms with Crippen LogP contribution in [0, 0.1) is 5.41 Å². The van der Waals surface area contributed by atoms with Gasteiger partial charge in [-0.1, -0.05) is 24.3 Å². The van der Waals surface area contributed by atoms with Gasteiger partial charge in [0, 0.05) is 26.4 Å². The van der Waals surface area contributed by atoms with Crippen molar-refractivity contribution in [1.82, 2.24) is 19.8 Å². The van der Waals surface area contributed by atoms with Crippen LogP contribution in [0.5, 0.6) is 6.01 Å². The van der Waals surface area contributed by atoms with Gasteiger partial charge in [0.25, 0.3) is 5.91 Å². The van der Waals surface area contributed by atoms with E-state index in [0.29, 0.717) is 42.3 Å². The first-order valence-electron chi connectivity index (χ1n) is 10.6. The molecule has 8 heteroatoms. The molecular formula is C23H32N6O2. The summed E-state index contributed by atoms with van der Waals surface area (Å²) in [4.78, 5) is 19.6. The van der Waals surface area contributed by atoms with Crippen LogP contribution in [0.3, 0.4) is 0 Å². The summed E-state index contributed by atoms with van der Waals surface area (Å²) in [5, 5.41) is 13.2. The quantitative estimate of drug-likeness (QED) is 0.381. The van der Waals surface area contributed by atoms with Crippen molar-refractivity contribution >= 4 is 17.9 Å². The molecule has 0 unspecified atom stereocenters. The maximum atomic E-state index is 13.1. The van der Waals surface area contributed by atoms with E-state index in [1.54, 1.807) is 24.6 Å². The van der Waals surface area contributed by atoms with Gasteiger partial charge in [-0.2, -0.15) is 4.98 Å². The number of benzene rings is 1. The molecule has 1 aromatic heterocycles. The third-order valence-corrected chi connectivity index (χ3v) is 5.17. The largest absolute Gasteiger partial charge is 0.430 e. The highest BCUT2D eigenvalue weighted by Crippen LogP contribution is 2.40. The topological polar surface area (TPSA) is 95.3 Å². The lowest BCUT2D eigenvalue weighted by Gasteiger charge is -2.14. The average molecular weight is 425 g/mol. The lowest BCUT2D eigenvalue weighted by atomic mass is 10.1. The maximum Gasteiger partial charge on any atom is 0.304 e. The van der Waals surface area contributed by atoms with E-state index < -0.39 is 0 Å². The van der Waals surface area contributed by atoms with Gasteiger partial charge in [0.15, 0.2) is 11.5 Å². The number of carbonyl (C=O) groups is 1. The number of amides is 1. The first kappa shape index (κ1) is 22.6. The summed E-state index contributed by atoms with van der Waals surface area (Å²) in [6.07, 6.45) is 5.23. The second-order valence-electron chi connectivity index (χ2n) is 8.05. The molecule has 1 amide bonds. The van der Waals surface area contributed by atoms with Crippen LogP contribution in [0.25, 0.3) is 0 Å². The van der Waals surface area contributed by atoms with Crippen molar-refractivity contribution in [3.8, 4) is 6.01 Å². The number of likely N-dealkylation sites (N-methyl/N-ethyl adjacent to an activating group) is 1. The number of nitrogens with one attached hydrogen (secondary N) is 3. The number of imidazole rings is 1. The molecule has 8 nitrogen and oxygen atoms in total. The van der Waals surface area contributed by atoms with E-state index in [1.807, 2.05) is 19.0 Å². The lowest BCUT2D eigenvalue weighted by molar-refractivity contribution is 0.0942. The van der Waals surface area contributed by atoms with Crippen molar-refractivity contribution in [2.75, 3.05) is 39.5 Å². The molecular weight excluding hydrogens is 392 g/mol. The number of allylic oxidation sites excluding steroid dienone is 2. The fraction of sp³-hybridized carbons (Fsp3) is 0.435. The van der Waals surface area contributed by atoms with E-state index in [0.717, 1.165) is 18.3 Å². The Hall–Kier alpha value is -3.13. The monoisotopic (exact) mass is 424 g/mol. The van der Waals surface area contributed by atoms with Gasteiger partial charge in [0.2, 0.25) is 0 Å². The van der Waals surface area contributed by atoms with Crippen LogP contribution in [0.2, 0.25) is 0 Å². The highest BCUT2D eigenvalue weighted by atomic mass is 16.5. The molecule has 1 aliphatic carbocycles. The van der Waals surface area contributed by atoms with Crippen LogP contribution in [0.15, 0.2) is 36.1 Å². The van der Waals surface area contributed by atoms with Gasteiger partial charge in [-0.25, -0.2) is 0 Å². The minimum absolute atomic E-state index is 0.211. The van der Waals surface area contributed by atoms with E-state index in [1.165, 1.54) is 18.4 Å². The number of ether oxygens (including phenoxy) is 1. The van der Waals surface area contributed by atoms with Crippen molar-refractivity contribution in [2.24, 2.45) is 0 Å². The number of anilines is 1. The van der Waals surface area contributed by atoms with Gasteiger partial charge in [-0.05, 0) is 57.0 Å². The molecule has 1 aliphatic rings. The average Bonchev–Trinajstić information content (AvgIpc) is 3.52. The van der Waals surface area contributed by atoms with Gasteiger partial charge in [0.05, 0.1) is 6.54 Å². The third-order valence-electron chi connectivity index (χ3n) is 5.17. The Morgan fingerprint density at radius 1 is 1.32 bits per heavy atom. The molecule has 0 radical (unpaired) electrons. The zero-order chi connectivity index (χ0) is 22.4. The smallest absolute Gasteiger partial charge is 0.304 e. The summed E-state index contributed by atoms with van der Waals surface area (Å²) in [7, 11) is 5.66. The second-order valence-corrected chi connectivity index (χ2v) is 8.05. The first-order chi connectivity index (χ1) is 14.9. The Morgan fingerprint density at radius 3 is 2.61 bits per heavy atom. The number of hydrogen-bond acceptors (Lipinski definition) is 6. The SMILES string of the molecule is CNc1nc(O/C(C)=C/C=N)n(Cc2ccc(C3CC3)cc2)c1C(=O)NCCN(C)C. The molecule has 0 saturated heterocycles. The molecule has 1 saturated carbocycles. The molecule has 166 valence electrons. The second kappa shape index (κ2) is 10.3. The van der Waals surface area contributed by atoms with Gasteiger partial charge in [-0.3, -0.25) is 9.36 Å². The summed E-state index contributed by atoms with van der Waals surface area (Å²) in [6.45, 7) is 3.47. The molecule has 3 rings (SSSR count). The summed E-state index contributed by atoms with van der Waals surface area (Å²) in [5.41, 5.74) is 2.85. The van der Waals surface area contributed by atoms with Gasteiger partial charge < -0.3 is 25.7 Å². The Bertz CT molecular complexity index is 942. The normalized spacial score (nSPS) is 13.9. The minimum Gasteiger partial charge on any atom is -0.430 e. The summed E-state index contributed by atoms with van der Waals surface area (Å²) in [6, 6.07) is 8.85. The molecule has 1 aromatic carbocycles. The van der Waals surface area contributed by atoms with Crippen LogP contribution in [-0.4, -0.2) is 60.8 Å². The molecule has 0 bridgehead atoms. The van der Waals surface area contributed by atoms with Crippen molar-refractivity contribution in [3.63, 3.8) is 0 Å². The fourth-order valence-electron chi connectivity index (χ4n) is 3.33. The van der Waals surface area contributed by atoms with E-state index >= 15 is 0 Å². The zero-order valence-corrected chi connectivity index (χ0v) is 18.7. The third kappa shape index (κ3) is 5.95. The van der Waals surface area contributed by atoms with Crippen molar-refractivity contribution in [1.29, 1.82) is 5.41 Å². The Morgan fingerprint density at radius 2 is 2.03 bits per heavy atom. The minimum atomic E-state index is -0.211. The Labute approximate surface area is 183 Å². The molecule has 2 aromatic rings. The number of rotatable bonds is 11.